The Morgan fingerprint density at radius 3 is 2.23 bits per heavy atom. The molecule has 1 spiro atoms. The third kappa shape index (κ3) is 9.04. The maximum absolute atomic E-state index is 13.9. The van der Waals surface area contributed by atoms with Gasteiger partial charge in [-0.15, -0.1) is 0 Å². The van der Waals surface area contributed by atoms with Crippen molar-refractivity contribution < 1.29 is 63.6 Å². The smallest absolute Gasteiger partial charge is 0.409 e. The van der Waals surface area contributed by atoms with Crippen molar-refractivity contribution >= 4 is 34.4 Å². The van der Waals surface area contributed by atoms with Crippen LogP contribution in [0.5, 0.6) is 17.2 Å². The van der Waals surface area contributed by atoms with E-state index in [4.69, 9.17) is 33.7 Å². The van der Waals surface area contributed by atoms with Gasteiger partial charge in [0.1, 0.15) is 28.6 Å². The molecule has 4 heterocycles. The third-order valence-electron chi connectivity index (χ3n) is 13.2. The number of nitrogens with one attached hydrogen (secondary N) is 1. The molecule has 1 saturated heterocycles. The van der Waals surface area contributed by atoms with Crippen LogP contribution in [0.4, 0.5) is 10.5 Å². The first kappa shape index (κ1) is 48.2. The van der Waals surface area contributed by atoms with Crippen molar-refractivity contribution in [1.82, 2.24) is 4.90 Å². The quantitative estimate of drug-likeness (QED) is 0.180. The number of rotatable bonds is 4. The molecule has 2 amide bonds. The molecule has 350 valence electrons. The SMILES string of the molecule is COC1C=COC2(C)Oc3c(C)c(O)c4c(O)c(c5c(c4c3C2O)=NC2(CCN(C(=O)OCC(C)C)CC2)N=5)NC(=O)/C(C)=C\C=CC(C)C(O)C(C)C(O)C(C)C(OC(C)=O)C1C. The van der Waals surface area contributed by atoms with E-state index in [1.807, 2.05) is 13.8 Å². The second-order valence-corrected chi connectivity index (χ2v) is 18.4. The molecule has 17 heteroatoms. The molecular formula is C47H64N4O13. The number of benzene rings is 2. The monoisotopic (exact) mass is 892 g/mol. The van der Waals surface area contributed by atoms with Crippen molar-refractivity contribution in [3.05, 3.63) is 58.0 Å². The maximum Gasteiger partial charge on any atom is 0.409 e. The van der Waals surface area contributed by atoms with Crippen LogP contribution < -0.4 is 20.8 Å². The molecule has 0 aromatic heterocycles. The van der Waals surface area contributed by atoms with Crippen LogP contribution in [-0.2, 0) is 28.5 Å². The average Bonchev–Trinajstić information content (AvgIpc) is 3.75. The summed E-state index contributed by atoms with van der Waals surface area (Å²) in [5.41, 5.74) is -0.724. The highest BCUT2D eigenvalue weighted by Crippen LogP contribution is 2.54. The Hall–Kier alpha value is -5.23. The van der Waals surface area contributed by atoms with Crippen molar-refractivity contribution in [2.45, 2.75) is 124 Å². The molecule has 64 heavy (non-hydrogen) atoms. The largest absolute Gasteiger partial charge is 0.507 e. The maximum atomic E-state index is 13.9. The first-order valence-electron chi connectivity index (χ1n) is 22.0. The highest BCUT2D eigenvalue weighted by molar-refractivity contribution is 6.08. The summed E-state index contributed by atoms with van der Waals surface area (Å²) in [6.45, 7) is 17.5. The van der Waals surface area contributed by atoms with Crippen LogP contribution in [0.2, 0.25) is 0 Å². The van der Waals surface area contributed by atoms with Gasteiger partial charge in [-0.2, -0.15) is 0 Å². The first-order chi connectivity index (χ1) is 30.1. The number of ether oxygens (including phenoxy) is 5. The van der Waals surface area contributed by atoms with E-state index in [9.17, 15) is 39.9 Å². The molecule has 0 radical (unpaired) electrons. The van der Waals surface area contributed by atoms with Gasteiger partial charge in [0.25, 0.3) is 11.7 Å². The lowest BCUT2D eigenvalue weighted by Crippen LogP contribution is -2.46. The number of methoxy groups -OCH3 is 1. The van der Waals surface area contributed by atoms with E-state index in [1.165, 1.54) is 33.3 Å². The number of carbonyl (C=O) groups is 3. The zero-order valence-corrected chi connectivity index (χ0v) is 38.5. The van der Waals surface area contributed by atoms with E-state index >= 15 is 0 Å². The van der Waals surface area contributed by atoms with Gasteiger partial charge >= 0.3 is 12.1 Å². The summed E-state index contributed by atoms with van der Waals surface area (Å²) in [5.74, 6) is -6.11. The number of amides is 2. The molecule has 6 N–H and O–H groups in total. The fourth-order valence-electron chi connectivity index (χ4n) is 9.12. The van der Waals surface area contributed by atoms with E-state index in [2.05, 4.69) is 5.32 Å². The summed E-state index contributed by atoms with van der Waals surface area (Å²) in [7, 11) is 1.47. The molecule has 10 unspecified atom stereocenters. The van der Waals surface area contributed by atoms with Crippen LogP contribution in [-0.4, -0.2) is 111 Å². The fraction of sp³-hybridized carbons (Fsp3) is 0.596. The Balaban J connectivity index is 1.52. The van der Waals surface area contributed by atoms with Crippen LogP contribution in [0.1, 0.15) is 92.4 Å². The number of anilines is 1. The summed E-state index contributed by atoms with van der Waals surface area (Å²) in [6.07, 6.45) is 2.41. The second kappa shape index (κ2) is 18.7. The minimum Gasteiger partial charge on any atom is -0.507 e. The molecule has 4 bridgehead atoms. The van der Waals surface area contributed by atoms with Gasteiger partial charge in [-0.25, -0.2) is 4.79 Å². The van der Waals surface area contributed by atoms with E-state index in [1.54, 1.807) is 64.7 Å². The minimum absolute atomic E-state index is 0.0849. The van der Waals surface area contributed by atoms with Crippen LogP contribution in [0.25, 0.3) is 10.8 Å². The first-order valence-corrected chi connectivity index (χ1v) is 22.0. The van der Waals surface area contributed by atoms with Gasteiger partial charge in [-0.3, -0.25) is 19.6 Å². The number of aliphatic hydroxyl groups is 3. The second-order valence-electron chi connectivity index (χ2n) is 18.4. The number of piperidine rings is 1. The molecule has 4 aliphatic heterocycles. The number of nitrogens with zero attached hydrogens (tertiary/aromatic N) is 3. The van der Waals surface area contributed by atoms with Gasteiger partial charge < -0.3 is 59.4 Å². The standard InChI is InChI=1S/C47H64N4O13/c1-22(2)21-61-45(59)51-18-16-47(17-19-51)49-34-31-32-39(55)28(8)42-33(31)43(57)46(10,64-42)62-20-15-30(60-11)25(5)41(63-29(9)52)27(7)38(54)26(6)37(53)23(3)13-12-14-24(4)44(58)48-36(40(32)56)35(34)50-47/h12-15,20,22-23,25-27,30,37-38,41,43,53-57H,16-19,21H2,1-11H3,(H,48,58)/b13-12?,20-15?,24-14-. The van der Waals surface area contributed by atoms with Gasteiger partial charge in [0.15, 0.2) is 17.5 Å². The van der Waals surface area contributed by atoms with E-state index < -0.39 is 89.4 Å². The number of carbonyl (C=O) groups excluding carboxylic acids is 3. The number of allylic oxidation sites excluding steroid dienone is 2. The van der Waals surface area contributed by atoms with Crippen LogP contribution >= 0.6 is 0 Å². The molecule has 6 rings (SSSR count). The van der Waals surface area contributed by atoms with Crippen LogP contribution in [0, 0.1) is 36.5 Å². The molecule has 0 saturated carbocycles. The third-order valence-corrected chi connectivity index (χ3v) is 13.2. The number of hydrogen-bond donors (Lipinski definition) is 6. The topological polar surface area (TPSA) is 238 Å². The van der Waals surface area contributed by atoms with Crippen LogP contribution in [0.3, 0.4) is 0 Å². The Morgan fingerprint density at radius 1 is 0.953 bits per heavy atom. The number of phenols is 2. The number of phenolic OH excluding ortho intramolecular Hbond substituents is 2. The summed E-state index contributed by atoms with van der Waals surface area (Å²) < 4.78 is 29.6. The molecule has 0 aliphatic carbocycles. The lowest BCUT2D eigenvalue weighted by atomic mass is 9.78. The van der Waals surface area contributed by atoms with E-state index in [-0.39, 0.29) is 93.8 Å². The lowest BCUT2D eigenvalue weighted by molar-refractivity contribution is -0.181. The summed E-state index contributed by atoms with van der Waals surface area (Å²) >= 11 is 0. The summed E-state index contributed by atoms with van der Waals surface area (Å²) in [4.78, 5) is 51.1. The van der Waals surface area contributed by atoms with Crippen molar-refractivity contribution in [1.29, 1.82) is 0 Å². The number of aromatic hydroxyl groups is 2. The predicted molar refractivity (Wildman–Crippen MR) is 235 cm³/mol. The molecule has 17 nitrogen and oxygen atoms in total. The molecule has 2 aromatic rings. The van der Waals surface area contributed by atoms with Crippen molar-refractivity contribution in [2.24, 2.45) is 39.6 Å². The van der Waals surface area contributed by atoms with Gasteiger partial charge in [0, 0.05) is 92.6 Å². The summed E-state index contributed by atoms with van der Waals surface area (Å²) in [6, 6.07) is 0. The number of esters is 1. The molecule has 1 fully saturated rings. The summed E-state index contributed by atoms with van der Waals surface area (Å²) in [5, 5.41) is 62.4. The highest BCUT2D eigenvalue weighted by atomic mass is 16.7. The fourth-order valence-corrected chi connectivity index (χ4v) is 9.12. The van der Waals surface area contributed by atoms with E-state index in [0.29, 0.717) is 0 Å². The molecule has 10 atom stereocenters. The van der Waals surface area contributed by atoms with Crippen molar-refractivity contribution in [3.63, 3.8) is 0 Å². The number of likely N-dealkylation sites (tertiary alicyclic amines) is 1. The van der Waals surface area contributed by atoms with Crippen molar-refractivity contribution in [3.8, 4) is 17.2 Å². The highest BCUT2D eigenvalue weighted by Gasteiger charge is 2.50. The lowest BCUT2D eigenvalue weighted by Gasteiger charge is -2.38. The predicted octanol–water partition coefficient (Wildman–Crippen LogP) is 4.74. The zero-order valence-electron chi connectivity index (χ0n) is 38.5. The number of fused-ring (bicyclic) bond motifs is 1. The Labute approximate surface area is 373 Å². The molecule has 4 aliphatic rings. The van der Waals surface area contributed by atoms with Gasteiger partial charge in [-0.05, 0) is 25.8 Å². The molecular weight excluding hydrogens is 829 g/mol. The van der Waals surface area contributed by atoms with Gasteiger partial charge in [-0.1, -0.05) is 59.8 Å². The average molecular weight is 893 g/mol. The number of hydrogen-bond acceptors (Lipinski definition) is 15. The normalized spacial score (nSPS) is 31.4. The molecule has 2 aromatic carbocycles. The van der Waals surface area contributed by atoms with Gasteiger partial charge in [0.2, 0.25) is 0 Å². The van der Waals surface area contributed by atoms with Crippen LogP contribution in [0.15, 0.2) is 46.1 Å². The Morgan fingerprint density at radius 2 is 1.61 bits per heavy atom. The zero-order chi connectivity index (χ0) is 47.2. The van der Waals surface area contributed by atoms with Crippen molar-refractivity contribution in [2.75, 3.05) is 32.1 Å². The van der Waals surface area contributed by atoms with E-state index in [0.717, 1.165) is 0 Å². The number of aliphatic hydroxyl groups excluding tert-OH is 3. The minimum atomic E-state index is -1.82. The Kier molecular flexibility index (Phi) is 14.1. The Bertz CT molecular complexity index is 2370. The van der Waals surface area contributed by atoms with Gasteiger partial charge in [0.05, 0.1) is 41.9 Å².